The van der Waals surface area contributed by atoms with Gasteiger partial charge in [0.25, 0.3) is 0 Å². The van der Waals surface area contributed by atoms with E-state index in [9.17, 15) is 22.8 Å². The Labute approximate surface area is 215 Å². The third-order valence-corrected chi connectivity index (χ3v) is 5.91. The maximum atomic E-state index is 14.5. The minimum Gasteiger partial charge on any atom is -0.394 e. The summed E-state index contributed by atoms with van der Waals surface area (Å²) in [6.07, 6.45) is 2.90. The highest BCUT2D eigenvalue weighted by molar-refractivity contribution is 6.34. The lowest BCUT2D eigenvalue weighted by Gasteiger charge is -2.16. The molecule has 0 saturated heterocycles. The number of nitrogens with zero attached hydrogens (tertiary/aromatic N) is 6. The van der Waals surface area contributed by atoms with Crippen LogP contribution in [0, 0.1) is 17.5 Å². The molecule has 38 heavy (non-hydrogen) atoms. The van der Waals surface area contributed by atoms with Crippen LogP contribution in [0.15, 0.2) is 56.9 Å². The summed E-state index contributed by atoms with van der Waals surface area (Å²) in [5.74, 6) is -4.15. The van der Waals surface area contributed by atoms with Crippen LogP contribution in [0.2, 0.25) is 5.02 Å². The fourth-order valence-corrected chi connectivity index (χ4v) is 3.97. The molecule has 0 saturated carbocycles. The first-order chi connectivity index (χ1) is 18.2. The van der Waals surface area contributed by atoms with Crippen molar-refractivity contribution in [3.05, 3.63) is 97.5 Å². The summed E-state index contributed by atoms with van der Waals surface area (Å²) >= 11 is 6.39. The molecule has 2 N–H and O–H groups in total. The summed E-state index contributed by atoms with van der Waals surface area (Å²) in [7, 11) is 0. The second-order valence-electron chi connectivity index (χ2n) is 8.15. The minimum atomic E-state index is -1.40. The van der Waals surface area contributed by atoms with E-state index in [-0.39, 0.29) is 47.6 Å². The second-order valence-corrected chi connectivity index (χ2v) is 8.56. The summed E-state index contributed by atoms with van der Waals surface area (Å²) in [5.41, 5.74) is -1.28. The molecule has 3 aromatic heterocycles. The molecule has 0 aliphatic heterocycles. The van der Waals surface area contributed by atoms with E-state index >= 15 is 0 Å². The van der Waals surface area contributed by atoms with E-state index in [4.69, 9.17) is 21.2 Å². The second kappa shape index (κ2) is 10.1. The standard InChI is InChI=1S/C23H17ClF3N7O4/c24-15-7-19-13(9-32(30-19)2-3-35)6-20(15)28-21-29-22(36)34(11-14-1-4-38-31-14)23(37)33(21)10-12-5-17(26)18(27)8-16(12)25/h1,4-9,35H,2-3,10-11H2,(H,28,29,36). The monoisotopic (exact) mass is 547 g/mol. The van der Waals surface area contributed by atoms with E-state index in [1.54, 1.807) is 12.3 Å². The number of fused-ring (bicyclic) bond motifs is 1. The van der Waals surface area contributed by atoms with Crippen molar-refractivity contribution >= 4 is 34.1 Å². The molecule has 11 nitrogen and oxygen atoms in total. The molecule has 0 amide bonds. The number of rotatable bonds is 8. The number of hydrogen-bond donors (Lipinski definition) is 2. The van der Waals surface area contributed by atoms with E-state index < -0.39 is 35.4 Å². The first-order valence-electron chi connectivity index (χ1n) is 11.0. The quantitative estimate of drug-likeness (QED) is 0.283. The van der Waals surface area contributed by atoms with Crippen molar-refractivity contribution < 1.29 is 22.8 Å². The third kappa shape index (κ3) is 4.90. The zero-order valence-corrected chi connectivity index (χ0v) is 20.0. The third-order valence-electron chi connectivity index (χ3n) is 5.60. The lowest BCUT2D eigenvalue weighted by atomic mass is 10.2. The van der Waals surface area contributed by atoms with Crippen LogP contribution in [0.25, 0.3) is 10.9 Å². The maximum Gasteiger partial charge on any atom is 0.355 e. The summed E-state index contributed by atoms with van der Waals surface area (Å²) in [6, 6.07) is 5.51. The van der Waals surface area contributed by atoms with E-state index in [1.165, 1.54) is 23.1 Å². The Balaban J connectivity index is 1.62. The van der Waals surface area contributed by atoms with Crippen LogP contribution >= 0.6 is 11.6 Å². The van der Waals surface area contributed by atoms with Crippen molar-refractivity contribution in [1.29, 1.82) is 0 Å². The average Bonchev–Trinajstić information content (AvgIpc) is 3.52. The van der Waals surface area contributed by atoms with Crippen molar-refractivity contribution in [2.75, 3.05) is 11.9 Å². The van der Waals surface area contributed by atoms with Crippen molar-refractivity contribution in [1.82, 2.24) is 29.1 Å². The molecule has 0 aliphatic rings. The van der Waals surface area contributed by atoms with Crippen molar-refractivity contribution in [2.45, 2.75) is 19.6 Å². The summed E-state index contributed by atoms with van der Waals surface area (Å²) in [6.45, 7) is -0.795. The summed E-state index contributed by atoms with van der Waals surface area (Å²) in [5, 5.41) is 20.7. The molecule has 0 aliphatic carbocycles. The SMILES string of the molecule is O=c1nc(Nc2cc3cn(CCO)nc3cc2Cl)n(Cc2cc(F)c(F)cc2F)c(=O)n1Cc1ccon1. The predicted molar refractivity (Wildman–Crippen MR) is 129 cm³/mol. The van der Waals surface area contributed by atoms with Crippen molar-refractivity contribution in [2.24, 2.45) is 0 Å². The van der Waals surface area contributed by atoms with Crippen molar-refractivity contribution in [3.63, 3.8) is 0 Å². The predicted octanol–water partition coefficient (Wildman–Crippen LogP) is 2.65. The van der Waals surface area contributed by atoms with Crippen LogP contribution in [0.4, 0.5) is 24.8 Å². The Kier molecular flexibility index (Phi) is 6.73. The first kappa shape index (κ1) is 25.2. The molecule has 15 heteroatoms. The maximum absolute atomic E-state index is 14.5. The van der Waals surface area contributed by atoms with Gasteiger partial charge in [0, 0.05) is 29.3 Å². The number of halogens is 4. The van der Waals surface area contributed by atoms with Gasteiger partial charge in [0.1, 0.15) is 17.8 Å². The van der Waals surface area contributed by atoms with E-state index in [0.29, 0.717) is 23.0 Å². The van der Waals surface area contributed by atoms with E-state index in [1.807, 2.05) is 0 Å². The number of anilines is 2. The van der Waals surface area contributed by atoms with Gasteiger partial charge in [-0.15, -0.1) is 0 Å². The fraction of sp³-hybridized carbons (Fsp3) is 0.174. The van der Waals surface area contributed by atoms with Gasteiger partial charge in [-0.05, 0) is 18.2 Å². The molecule has 2 aromatic carbocycles. The molecule has 3 heterocycles. The van der Waals surface area contributed by atoms with Crippen LogP contribution in [-0.4, -0.2) is 40.8 Å². The first-order valence-corrected chi connectivity index (χ1v) is 11.4. The van der Waals surface area contributed by atoms with Gasteiger partial charge >= 0.3 is 11.4 Å². The van der Waals surface area contributed by atoms with Crippen LogP contribution < -0.4 is 16.7 Å². The zero-order valence-electron chi connectivity index (χ0n) is 19.2. The lowest BCUT2D eigenvalue weighted by molar-refractivity contribution is 0.270. The molecule has 0 atom stereocenters. The molecule has 0 spiro atoms. The Hall–Kier alpha value is -4.43. The number of hydrogen-bond acceptors (Lipinski definition) is 8. The van der Waals surface area contributed by atoms with Gasteiger partial charge in [-0.2, -0.15) is 10.1 Å². The topological polar surface area (TPSA) is 133 Å². The zero-order chi connectivity index (χ0) is 27.0. The smallest absolute Gasteiger partial charge is 0.355 e. The normalized spacial score (nSPS) is 11.4. The Bertz CT molecular complexity index is 1770. The fourth-order valence-electron chi connectivity index (χ4n) is 3.77. The molecule has 0 bridgehead atoms. The largest absolute Gasteiger partial charge is 0.394 e. The van der Waals surface area contributed by atoms with Gasteiger partial charge in [-0.25, -0.2) is 27.3 Å². The van der Waals surface area contributed by atoms with Crippen LogP contribution in [-0.2, 0) is 19.6 Å². The van der Waals surface area contributed by atoms with E-state index in [2.05, 4.69) is 20.6 Å². The average molecular weight is 548 g/mol. The molecule has 0 unspecified atom stereocenters. The summed E-state index contributed by atoms with van der Waals surface area (Å²) in [4.78, 5) is 30.1. The number of nitrogens with one attached hydrogen (secondary N) is 1. The van der Waals surface area contributed by atoms with Crippen LogP contribution in [0.5, 0.6) is 0 Å². The van der Waals surface area contributed by atoms with E-state index in [0.717, 1.165) is 9.13 Å². The van der Waals surface area contributed by atoms with Gasteiger partial charge in [-0.3, -0.25) is 9.25 Å². The molecular formula is C23H17ClF3N7O4. The number of aliphatic hydroxyl groups is 1. The highest BCUT2D eigenvalue weighted by Crippen LogP contribution is 2.29. The molecule has 5 aromatic rings. The van der Waals surface area contributed by atoms with Crippen LogP contribution in [0.3, 0.4) is 0 Å². The lowest BCUT2D eigenvalue weighted by Crippen LogP contribution is -2.43. The Morgan fingerprint density at radius 3 is 2.55 bits per heavy atom. The molecule has 196 valence electrons. The molecular weight excluding hydrogens is 531 g/mol. The van der Waals surface area contributed by atoms with Crippen molar-refractivity contribution in [3.8, 4) is 0 Å². The van der Waals surface area contributed by atoms with Gasteiger partial charge < -0.3 is 14.9 Å². The van der Waals surface area contributed by atoms with Gasteiger partial charge in [-0.1, -0.05) is 16.8 Å². The number of aromatic nitrogens is 6. The highest BCUT2D eigenvalue weighted by atomic mass is 35.5. The van der Waals surface area contributed by atoms with Gasteiger partial charge in [0.2, 0.25) is 5.95 Å². The number of aliphatic hydroxyl groups excluding tert-OH is 1. The molecule has 5 rings (SSSR count). The van der Waals surface area contributed by atoms with Crippen LogP contribution in [0.1, 0.15) is 11.3 Å². The number of benzene rings is 2. The van der Waals surface area contributed by atoms with Gasteiger partial charge in [0.15, 0.2) is 11.6 Å². The molecule has 0 fully saturated rings. The summed E-state index contributed by atoms with van der Waals surface area (Å²) < 4.78 is 49.7. The Morgan fingerprint density at radius 1 is 1.03 bits per heavy atom. The Morgan fingerprint density at radius 2 is 1.82 bits per heavy atom. The van der Waals surface area contributed by atoms with Gasteiger partial charge in [0.05, 0.1) is 42.5 Å². The molecule has 0 radical (unpaired) electrons. The highest BCUT2D eigenvalue weighted by Gasteiger charge is 2.19. The minimum absolute atomic E-state index is 0.131.